The van der Waals surface area contributed by atoms with Crippen LogP contribution in [0.15, 0.2) is 72.8 Å². The van der Waals surface area contributed by atoms with Gasteiger partial charge in [0.15, 0.2) is 0 Å². The number of nitrogen functional groups attached to an aromatic ring is 1. The molecule has 1 amide bonds. The van der Waals surface area contributed by atoms with E-state index in [0.717, 1.165) is 72.4 Å². The van der Waals surface area contributed by atoms with Gasteiger partial charge in [-0.2, -0.15) is 0 Å². The van der Waals surface area contributed by atoms with Crippen LogP contribution < -0.4 is 16.4 Å². The largest absolute Gasteiger partial charge is 0.397 e. The Morgan fingerprint density at radius 1 is 0.789 bits per heavy atom. The summed E-state index contributed by atoms with van der Waals surface area (Å²) in [5.41, 5.74) is 19.2. The molecule has 2 fully saturated rings. The van der Waals surface area contributed by atoms with E-state index < -0.39 is 0 Å². The minimum Gasteiger partial charge on any atom is -0.397 e. The molecule has 0 atom stereocenters. The van der Waals surface area contributed by atoms with Crippen molar-refractivity contribution in [3.63, 3.8) is 0 Å². The highest BCUT2D eigenvalue weighted by Crippen LogP contribution is 2.32. The molecule has 1 aliphatic heterocycles. The molecule has 5 rings (SSSR count). The minimum absolute atomic E-state index is 0.188. The Hall–Kier alpha value is -3.31. The fourth-order valence-corrected chi connectivity index (χ4v) is 6.09. The first-order valence-corrected chi connectivity index (χ1v) is 14.4. The van der Waals surface area contributed by atoms with Gasteiger partial charge in [0.1, 0.15) is 0 Å². The Kier molecular flexibility index (Phi) is 8.65. The van der Waals surface area contributed by atoms with Crippen LogP contribution in [0, 0.1) is 0 Å². The van der Waals surface area contributed by atoms with Gasteiger partial charge in [-0.05, 0) is 79.0 Å². The van der Waals surface area contributed by atoms with Crippen LogP contribution in [0.4, 0.5) is 11.4 Å². The van der Waals surface area contributed by atoms with Crippen molar-refractivity contribution in [3.05, 3.63) is 83.9 Å². The van der Waals surface area contributed by atoms with E-state index in [9.17, 15) is 4.79 Å². The molecule has 1 aliphatic carbocycles. The molecule has 0 unspecified atom stereocenters. The van der Waals surface area contributed by atoms with Gasteiger partial charge in [-0.1, -0.05) is 67.4 Å². The molecular formula is C33H42N4O. The highest BCUT2D eigenvalue weighted by Gasteiger charge is 2.28. The molecule has 2 aliphatic rings. The van der Waals surface area contributed by atoms with E-state index >= 15 is 0 Å². The van der Waals surface area contributed by atoms with Crippen molar-refractivity contribution in [2.24, 2.45) is 5.73 Å². The molecule has 200 valence electrons. The molecule has 0 bridgehead atoms. The zero-order valence-electron chi connectivity index (χ0n) is 22.5. The van der Waals surface area contributed by atoms with Gasteiger partial charge in [-0.25, -0.2) is 0 Å². The molecule has 0 radical (unpaired) electrons. The third-order valence-electron chi connectivity index (χ3n) is 8.29. The summed E-state index contributed by atoms with van der Waals surface area (Å²) in [6.45, 7) is 2.77. The number of rotatable bonds is 7. The smallest absolute Gasteiger partial charge is 0.227 e. The maximum atomic E-state index is 13.6. The van der Waals surface area contributed by atoms with Crippen molar-refractivity contribution < 1.29 is 4.79 Å². The van der Waals surface area contributed by atoms with E-state index in [2.05, 4.69) is 52.3 Å². The summed E-state index contributed by atoms with van der Waals surface area (Å²) in [5, 5.41) is 0. The first kappa shape index (κ1) is 26.3. The molecule has 3 aromatic carbocycles. The van der Waals surface area contributed by atoms with Crippen LogP contribution in [-0.2, 0) is 17.8 Å². The fourth-order valence-electron chi connectivity index (χ4n) is 6.09. The zero-order valence-corrected chi connectivity index (χ0v) is 22.5. The molecule has 5 nitrogen and oxygen atoms in total. The van der Waals surface area contributed by atoms with Crippen molar-refractivity contribution in [3.8, 4) is 11.1 Å². The van der Waals surface area contributed by atoms with Crippen molar-refractivity contribution >= 4 is 17.3 Å². The minimum atomic E-state index is 0.188. The Morgan fingerprint density at radius 3 is 2.18 bits per heavy atom. The van der Waals surface area contributed by atoms with Crippen LogP contribution in [0.3, 0.4) is 0 Å². The first-order valence-electron chi connectivity index (χ1n) is 14.4. The second-order valence-corrected chi connectivity index (χ2v) is 11.1. The Morgan fingerprint density at radius 2 is 1.47 bits per heavy atom. The first-order chi connectivity index (χ1) is 18.6. The maximum Gasteiger partial charge on any atom is 0.227 e. The lowest BCUT2D eigenvalue weighted by Crippen LogP contribution is -2.44. The van der Waals surface area contributed by atoms with Crippen molar-refractivity contribution in [2.75, 3.05) is 23.7 Å². The number of benzene rings is 3. The average Bonchev–Trinajstić information content (AvgIpc) is 3.22. The number of anilines is 2. The lowest BCUT2D eigenvalue weighted by Gasteiger charge is -2.36. The number of carbonyl (C=O) groups is 1. The Labute approximate surface area is 227 Å². The molecule has 1 saturated carbocycles. The summed E-state index contributed by atoms with van der Waals surface area (Å²) < 4.78 is 0. The van der Waals surface area contributed by atoms with Crippen LogP contribution in [-0.4, -0.2) is 36.0 Å². The van der Waals surface area contributed by atoms with Gasteiger partial charge in [-0.15, -0.1) is 0 Å². The molecular weight excluding hydrogens is 468 g/mol. The molecule has 1 heterocycles. The summed E-state index contributed by atoms with van der Waals surface area (Å²) in [6.07, 6.45) is 9.39. The molecule has 3 aromatic rings. The van der Waals surface area contributed by atoms with Gasteiger partial charge >= 0.3 is 0 Å². The lowest BCUT2D eigenvalue weighted by atomic mass is 9.90. The number of carbonyl (C=O) groups excluding carboxylic acids is 1. The lowest BCUT2D eigenvalue weighted by molar-refractivity contribution is -0.134. The summed E-state index contributed by atoms with van der Waals surface area (Å²) in [6, 6.07) is 25.6. The highest BCUT2D eigenvalue weighted by molar-refractivity contribution is 5.79. The predicted octanol–water partition coefficient (Wildman–Crippen LogP) is 6.16. The quantitative estimate of drug-likeness (QED) is 0.374. The topological polar surface area (TPSA) is 75.6 Å². The number of nitrogens with two attached hydrogens (primary N) is 2. The van der Waals surface area contributed by atoms with E-state index in [1.54, 1.807) is 0 Å². The zero-order chi connectivity index (χ0) is 26.3. The standard InChI is InChI=1S/C33H42N4O/c34-29-14-16-30(17-15-29)37(33(38)22-25-9-4-3-5-10-25)24-26-11-8-12-27(21-26)28-13-18-32(31(35)23-28)36-19-6-1-2-7-20-36/h3-5,8-13,18,21,23,29-30H,1-2,6-7,14-17,19-20,22,24,34-35H2. The third-order valence-corrected chi connectivity index (χ3v) is 8.29. The second kappa shape index (κ2) is 12.5. The van der Waals surface area contributed by atoms with Gasteiger partial charge < -0.3 is 21.3 Å². The van der Waals surface area contributed by atoms with Gasteiger partial charge in [0.05, 0.1) is 17.8 Å². The van der Waals surface area contributed by atoms with E-state index in [1.165, 1.54) is 25.7 Å². The van der Waals surface area contributed by atoms with E-state index in [-0.39, 0.29) is 18.0 Å². The molecule has 38 heavy (non-hydrogen) atoms. The predicted molar refractivity (Wildman–Crippen MR) is 158 cm³/mol. The normalized spacial score (nSPS) is 20.1. The number of amides is 1. The van der Waals surface area contributed by atoms with Gasteiger partial charge in [0, 0.05) is 31.7 Å². The van der Waals surface area contributed by atoms with Gasteiger partial charge in [0.25, 0.3) is 0 Å². The average molecular weight is 511 g/mol. The second-order valence-electron chi connectivity index (χ2n) is 11.1. The Balaban J connectivity index is 1.35. The molecule has 5 heteroatoms. The van der Waals surface area contributed by atoms with Gasteiger partial charge in [-0.3, -0.25) is 4.79 Å². The SMILES string of the molecule is Nc1cc(-c2cccc(CN(C(=O)Cc3ccccc3)C3CCC(N)CC3)c2)ccc1N1CCCCCC1. The van der Waals surface area contributed by atoms with Crippen molar-refractivity contribution in [1.82, 2.24) is 4.90 Å². The maximum absolute atomic E-state index is 13.6. The summed E-state index contributed by atoms with van der Waals surface area (Å²) in [5.74, 6) is 0.188. The van der Waals surface area contributed by atoms with E-state index in [0.29, 0.717) is 13.0 Å². The summed E-state index contributed by atoms with van der Waals surface area (Å²) in [4.78, 5) is 18.1. The molecule has 0 spiro atoms. The van der Waals surface area contributed by atoms with Crippen LogP contribution in [0.5, 0.6) is 0 Å². The molecule has 4 N–H and O–H groups in total. The van der Waals surface area contributed by atoms with Crippen LogP contribution in [0.2, 0.25) is 0 Å². The van der Waals surface area contributed by atoms with Crippen molar-refractivity contribution in [2.45, 2.75) is 76.4 Å². The molecule has 1 saturated heterocycles. The number of hydrogen-bond acceptors (Lipinski definition) is 4. The highest BCUT2D eigenvalue weighted by atomic mass is 16.2. The van der Waals surface area contributed by atoms with Crippen molar-refractivity contribution in [1.29, 1.82) is 0 Å². The summed E-state index contributed by atoms with van der Waals surface area (Å²) >= 11 is 0. The number of nitrogens with zero attached hydrogens (tertiary/aromatic N) is 2. The van der Waals surface area contributed by atoms with E-state index in [4.69, 9.17) is 11.5 Å². The van der Waals surface area contributed by atoms with Gasteiger partial charge in [0.2, 0.25) is 5.91 Å². The van der Waals surface area contributed by atoms with Crippen LogP contribution in [0.1, 0.15) is 62.5 Å². The fraction of sp³-hybridized carbons (Fsp3) is 0.424. The number of hydrogen-bond donors (Lipinski definition) is 2. The van der Waals surface area contributed by atoms with Crippen LogP contribution in [0.25, 0.3) is 11.1 Å². The van der Waals surface area contributed by atoms with E-state index in [1.807, 2.05) is 30.3 Å². The molecule has 0 aromatic heterocycles. The Bertz CT molecular complexity index is 1190. The third kappa shape index (κ3) is 6.57. The monoisotopic (exact) mass is 510 g/mol. The summed E-state index contributed by atoms with van der Waals surface area (Å²) in [7, 11) is 0. The van der Waals surface area contributed by atoms with Crippen LogP contribution >= 0.6 is 0 Å².